The Balaban J connectivity index is 2.21. The summed E-state index contributed by atoms with van der Waals surface area (Å²) < 4.78 is 36.6. The van der Waals surface area contributed by atoms with Crippen LogP contribution < -0.4 is 0 Å². The minimum Gasteiger partial charge on any atom is -0.481 e. The van der Waals surface area contributed by atoms with E-state index in [-0.39, 0.29) is 22.5 Å². The third kappa shape index (κ3) is 3.00. The van der Waals surface area contributed by atoms with Crippen LogP contribution in [0, 0.1) is 5.82 Å². The van der Waals surface area contributed by atoms with Crippen LogP contribution in [-0.4, -0.2) is 34.7 Å². The van der Waals surface area contributed by atoms with E-state index in [4.69, 9.17) is 5.11 Å². The summed E-state index contributed by atoms with van der Waals surface area (Å²) in [6.45, 7) is 0. The maximum Gasteiger partial charge on any atom is 0.309 e. The Morgan fingerprint density at radius 1 is 1.50 bits per heavy atom. The summed E-state index contributed by atoms with van der Waals surface area (Å²) in [5.74, 6) is -2.50. The van der Waals surface area contributed by atoms with Gasteiger partial charge < -0.3 is 5.11 Å². The number of carboxylic acid groups (broad SMARTS) is 1. The Hall–Kier alpha value is -1.57. The number of sulfone groups is 1. The van der Waals surface area contributed by atoms with Gasteiger partial charge in [-0.3, -0.25) is 4.79 Å². The summed E-state index contributed by atoms with van der Waals surface area (Å²) >= 11 is 0. The van der Waals surface area contributed by atoms with Gasteiger partial charge in [-0.05, 0) is 12.8 Å². The lowest BCUT2D eigenvalue weighted by Crippen LogP contribution is -2.14. The van der Waals surface area contributed by atoms with Gasteiger partial charge in [-0.1, -0.05) is 0 Å². The van der Waals surface area contributed by atoms with Crippen molar-refractivity contribution in [3.8, 4) is 0 Å². The highest BCUT2D eigenvalue weighted by molar-refractivity contribution is 7.91. The zero-order chi connectivity index (χ0) is 13.3. The fourth-order valence-electron chi connectivity index (χ4n) is 1.51. The Morgan fingerprint density at radius 3 is 2.72 bits per heavy atom. The van der Waals surface area contributed by atoms with Crippen molar-refractivity contribution < 1.29 is 22.7 Å². The third-order valence-corrected chi connectivity index (χ3v) is 4.70. The van der Waals surface area contributed by atoms with Crippen LogP contribution in [0.25, 0.3) is 0 Å². The quantitative estimate of drug-likeness (QED) is 0.830. The van der Waals surface area contributed by atoms with E-state index in [2.05, 4.69) is 9.97 Å². The molecule has 0 bridgehead atoms. The van der Waals surface area contributed by atoms with Crippen LogP contribution in [0.5, 0.6) is 0 Å². The molecule has 98 valence electrons. The van der Waals surface area contributed by atoms with Gasteiger partial charge in [0.05, 0.1) is 23.6 Å². The second kappa shape index (κ2) is 4.60. The standard InChI is InChI=1S/C10H11FN2O4S/c11-7-4-12-9(13-8(7)3-10(14)15)5-18(16,17)6-1-2-6/h4,6H,1-3,5H2,(H,14,15). The molecule has 0 aliphatic heterocycles. The van der Waals surface area contributed by atoms with Gasteiger partial charge in [0, 0.05) is 0 Å². The molecule has 1 aromatic rings. The Morgan fingerprint density at radius 2 is 2.17 bits per heavy atom. The highest BCUT2D eigenvalue weighted by atomic mass is 32.2. The molecule has 1 heterocycles. The van der Waals surface area contributed by atoms with Gasteiger partial charge in [0.1, 0.15) is 11.6 Å². The third-order valence-electron chi connectivity index (χ3n) is 2.55. The van der Waals surface area contributed by atoms with Crippen molar-refractivity contribution in [1.29, 1.82) is 0 Å². The molecule has 0 atom stereocenters. The highest BCUT2D eigenvalue weighted by Crippen LogP contribution is 2.30. The SMILES string of the molecule is O=C(O)Cc1nc(CS(=O)(=O)C2CC2)ncc1F. The number of carbonyl (C=O) groups is 1. The van der Waals surface area contributed by atoms with E-state index in [1.165, 1.54) is 0 Å². The molecule has 0 aromatic carbocycles. The van der Waals surface area contributed by atoms with Crippen molar-refractivity contribution in [2.75, 3.05) is 0 Å². The average molecular weight is 274 g/mol. The predicted molar refractivity (Wildman–Crippen MR) is 59.0 cm³/mol. The van der Waals surface area contributed by atoms with E-state index < -0.39 is 28.0 Å². The summed E-state index contributed by atoms with van der Waals surface area (Å²) in [5, 5.41) is 8.22. The van der Waals surface area contributed by atoms with Gasteiger partial charge in [0.25, 0.3) is 0 Å². The van der Waals surface area contributed by atoms with E-state index in [1.807, 2.05) is 0 Å². The molecule has 0 spiro atoms. The largest absolute Gasteiger partial charge is 0.481 e. The fraction of sp³-hybridized carbons (Fsp3) is 0.500. The molecule has 0 saturated heterocycles. The maximum absolute atomic E-state index is 13.2. The fourth-order valence-corrected chi connectivity index (χ4v) is 3.09. The first-order valence-corrected chi connectivity index (χ1v) is 7.03. The van der Waals surface area contributed by atoms with Crippen LogP contribution in [0.3, 0.4) is 0 Å². The molecule has 0 amide bonds. The lowest BCUT2D eigenvalue weighted by Gasteiger charge is -2.04. The minimum absolute atomic E-state index is 0.0560. The molecule has 1 N–H and O–H groups in total. The van der Waals surface area contributed by atoms with Crippen LogP contribution in [0.1, 0.15) is 24.4 Å². The van der Waals surface area contributed by atoms with E-state index >= 15 is 0 Å². The first-order valence-electron chi connectivity index (χ1n) is 5.32. The number of halogens is 1. The van der Waals surface area contributed by atoms with Crippen molar-refractivity contribution in [3.05, 3.63) is 23.5 Å². The molecule has 1 saturated carbocycles. The van der Waals surface area contributed by atoms with Crippen LogP contribution in [0.15, 0.2) is 6.20 Å². The lowest BCUT2D eigenvalue weighted by atomic mass is 10.3. The number of hydrogen-bond acceptors (Lipinski definition) is 5. The van der Waals surface area contributed by atoms with Crippen LogP contribution in [0.4, 0.5) is 4.39 Å². The van der Waals surface area contributed by atoms with E-state index in [9.17, 15) is 17.6 Å². The summed E-state index contributed by atoms with van der Waals surface area (Å²) in [5.41, 5.74) is -0.293. The van der Waals surface area contributed by atoms with Crippen LogP contribution in [-0.2, 0) is 26.8 Å². The van der Waals surface area contributed by atoms with Crippen LogP contribution >= 0.6 is 0 Å². The Labute approximate surface area is 103 Å². The first kappa shape index (κ1) is 12.9. The molecule has 1 aliphatic carbocycles. The molecule has 0 radical (unpaired) electrons. The van der Waals surface area contributed by atoms with Gasteiger partial charge >= 0.3 is 5.97 Å². The topological polar surface area (TPSA) is 97.2 Å². The van der Waals surface area contributed by atoms with Crippen molar-refractivity contribution in [2.24, 2.45) is 0 Å². The van der Waals surface area contributed by atoms with Crippen molar-refractivity contribution in [1.82, 2.24) is 9.97 Å². The van der Waals surface area contributed by atoms with Gasteiger partial charge in [0.15, 0.2) is 15.7 Å². The second-order valence-electron chi connectivity index (χ2n) is 4.16. The number of nitrogens with zero attached hydrogens (tertiary/aromatic N) is 2. The molecule has 0 unspecified atom stereocenters. The first-order chi connectivity index (χ1) is 8.38. The maximum atomic E-state index is 13.2. The molecular formula is C10H11FN2O4S. The minimum atomic E-state index is -3.29. The average Bonchev–Trinajstić information content (AvgIpc) is 3.05. The predicted octanol–water partition coefficient (Wildman–Crippen LogP) is 0.320. The van der Waals surface area contributed by atoms with Gasteiger partial charge in [-0.2, -0.15) is 0 Å². The lowest BCUT2D eigenvalue weighted by molar-refractivity contribution is -0.136. The van der Waals surface area contributed by atoms with Gasteiger partial charge in [-0.15, -0.1) is 0 Å². The molecule has 6 nitrogen and oxygen atoms in total. The number of aromatic nitrogens is 2. The monoisotopic (exact) mass is 274 g/mol. The summed E-state index contributed by atoms with van der Waals surface area (Å²) in [7, 11) is -3.29. The summed E-state index contributed by atoms with van der Waals surface area (Å²) in [6, 6.07) is 0. The highest BCUT2D eigenvalue weighted by Gasteiger charge is 2.36. The van der Waals surface area contributed by atoms with Crippen LogP contribution in [0.2, 0.25) is 0 Å². The Kier molecular flexibility index (Phi) is 3.29. The molecular weight excluding hydrogens is 263 g/mol. The van der Waals surface area contributed by atoms with E-state index in [0.29, 0.717) is 12.8 Å². The Bertz CT molecular complexity index is 584. The molecule has 1 aliphatic rings. The molecule has 2 rings (SSSR count). The summed E-state index contributed by atoms with van der Waals surface area (Å²) in [4.78, 5) is 17.7. The zero-order valence-corrected chi connectivity index (χ0v) is 10.2. The smallest absolute Gasteiger partial charge is 0.309 e. The number of hydrogen-bond donors (Lipinski definition) is 1. The number of aliphatic carboxylic acids is 1. The van der Waals surface area contributed by atoms with Crippen molar-refractivity contribution in [2.45, 2.75) is 30.3 Å². The van der Waals surface area contributed by atoms with E-state index in [1.54, 1.807) is 0 Å². The van der Waals surface area contributed by atoms with Gasteiger partial charge in [0.2, 0.25) is 0 Å². The van der Waals surface area contributed by atoms with Crippen molar-refractivity contribution >= 4 is 15.8 Å². The normalized spacial score (nSPS) is 15.6. The number of rotatable bonds is 5. The summed E-state index contributed by atoms with van der Waals surface area (Å²) in [6.07, 6.45) is 1.48. The number of carboxylic acids is 1. The molecule has 1 fully saturated rings. The molecule has 8 heteroatoms. The van der Waals surface area contributed by atoms with E-state index in [0.717, 1.165) is 6.20 Å². The zero-order valence-electron chi connectivity index (χ0n) is 9.34. The van der Waals surface area contributed by atoms with Gasteiger partial charge in [-0.25, -0.2) is 22.8 Å². The second-order valence-corrected chi connectivity index (χ2v) is 6.44. The van der Waals surface area contributed by atoms with Crippen molar-refractivity contribution in [3.63, 3.8) is 0 Å². The molecule has 1 aromatic heterocycles. The molecule has 18 heavy (non-hydrogen) atoms.